The highest BCUT2D eigenvalue weighted by Crippen LogP contribution is 2.18. The molecule has 16 heavy (non-hydrogen) atoms. The van der Waals surface area contributed by atoms with Crippen LogP contribution in [0.4, 0.5) is 0 Å². The van der Waals surface area contributed by atoms with Gasteiger partial charge in [0.05, 0.1) is 0 Å². The van der Waals surface area contributed by atoms with Gasteiger partial charge in [0.1, 0.15) is 0 Å². The molecule has 0 atom stereocenters. The fourth-order valence-electron chi connectivity index (χ4n) is 2.04. The average Bonchev–Trinajstić information content (AvgIpc) is 2.73. The van der Waals surface area contributed by atoms with Crippen LogP contribution in [-0.2, 0) is 6.42 Å². The fraction of sp³-hybridized carbons (Fsp3) is 0.429. The smallest absolute Gasteiger partial charge is 0.0456 e. The number of nitrogens with one attached hydrogen (secondary N) is 2. The van der Waals surface area contributed by atoms with Crippen molar-refractivity contribution in [3.63, 3.8) is 0 Å². The minimum absolute atomic E-state index is 1.12. The van der Waals surface area contributed by atoms with Gasteiger partial charge in [-0.05, 0) is 44.0 Å². The van der Waals surface area contributed by atoms with Crippen LogP contribution in [-0.4, -0.2) is 18.1 Å². The number of aryl methyl sites for hydroxylation is 1. The van der Waals surface area contributed by atoms with Gasteiger partial charge in [-0.2, -0.15) is 0 Å². The van der Waals surface area contributed by atoms with Crippen molar-refractivity contribution >= 4 is 10.9 Å². The third-order valence-electron chi connectivity index (χ3n) is 2.90. The summed E-state index contributed by atoms with van der Waals surface area (Å²) in [6, 6.07) is 8.51. The van der Waals surface area contributed by atoms with Gasteiger partial charge in [-0.15, -0.1) is 0 Å². The minimum Gasteiger partial charge on any atom is -0.361 e. The Bertz CT molecular complexity index is 431. The van der Waals surface area contributed by atoms with E-state index in [0.29, 0.717) is 0 Å². The molecule has 2 heteroatoms. The summed E-state index contributed by atoms with van der Waals surface area (Å²) in [5, 5.41) is 4.81. The average molecular weight is 216 g/mol. The molecule has 0 saturated carbocycles. The molecule has 0 bridgehead atoms. The lowest BCUT2D eigenvalue weighted by molar-refractivity contribution is 0.641. The Balaban J connectivity index is 1.89. The van der Waals surface area contributed by atoms with Gasteiger partial charge in [-0.3, -0.25) is 0 Å². The topological polar surface area (TPSA) is 27.8 Å². The lowest BCUT2D eigenvalue weighted by Gasteiger charge is -2.02. The molecule has 0 unspecified atom stereocenters. The lowest BCUT2D eigenvalue weighted by atomic mass is 10.1. The number of H-pyrrole nitrogens is 1. The van der Waals surface area contributed by atoms with E-state index in [1.807, 2.05) is 0 Å². The summed E-state index contributed by atoms with van der Waals surface area (Å²) in [4.78, 5) is 3.32. The van der Waals surface area contributed by atoms with Gasteiger partial charge in [0.2, 0.25) is 0 Å². The van der Waals surface area contributed by atoms with Crippen molar-refractivity contribution in [2.75, 3.05) is 13.1 Å². The predicted molar refractivity (Wildman–Crippen MR) is 69.8 cm³/mol. The van der Waals surface area contributed by atoms with Crippen LogP contribution >= 0.6 is 0 Å². The van der Waals surface area contributed by atoms with Crippen LogP contribution in [0.5, 0.6) is 0 Å². The molecule has 0 aliphatic carbocycles. The van der Waals surface area contributed by atoms with Crippen molar-refractivity contribution in [1.82, 2.24) is 10.3 Å². The molecule has 0 saturated heterocycles. The van der Waals surface area contributed by atoms with Crippen molar-refractivity contribution in [2.45, 2.75) is 26.2 Å². The second-order valence-corrected chi connectivity index (χ2v) is 4.21. The number of fused-ring (bicyclic) bond motifs is 1. The molecule has 0 spiro atoms. The molecular weight excluding hydrogens is 196 g/mol. The molecular formula is C14H20N2. The minimum atomic E-state index is 1.12. The number of benzene rings is 1. The Morgan fingerprint density at radius 3 is 2.94 bits per heavy atom. The zero-order chi connectivity index (χ0) is 11.2. The number of aromatic amines is 1. The maximum absolute atomic E-state index is 3.44. The maximum Gasteiger partial charge on any atom is 0.0456 e. The summed E-state index contributed by atoms with van der Waals surface area (Å²) in [7, 11) is 0. The third-order valence-corrected chi connectivity index (χ3v) is 2.90. The van der Waals surface area contributed by atoms with Crippen molar-refractivity contribution in [3.05, 3.63) is 36.0 Å². The zero-order valence-electron chi connectivity index (χ0n) is 9.92. The molecule has 1 heterocycles. The van der Waals surface area contributed by atoms with Crippen LogP contribution in [0.3, 0.4) is 0 Å². The molecule has 2 aromatic rings. The molecule has 2 N–H and O–H groups in total. The first kappa shape index (κ1) is 11.2. The molecule has 2 rings (SSSR count). The summed E-state index contributed by atoms with van der Waals surface area (Å²) >= 11 is 0. The van der Waals surface area contributed by atoms with Crippen LogP contribution < -0.4 is 5.32 Å². The van der Waals surface area contributed by atoms with Gasteiger partial charge in [-0.1, -0.05) is 25.1 Å². The number of hydrogen-bond donors (Lipinski definition) is 2. The first-order valence-corrected chi connectivity index (χ1v) is 6.17. The number of rotatable bonds is 6. The van der Waals surface area contributed by atoms with Crippen LogP contribution in [0, 0.1) is 0 Å². The molecule has 86 valence electrons. The molecule has 0 fully saturated rings. The molecule has 0 aliphatic rings. The Morgan fingerprint density at radius 1 is 1.19 bits per heavy atom. The van der Waals surface area contributed by atoms with E-state index in [-0.39, 0.29) is 0 Å². The van der Waals surface area contributed by atoms with E-state index in [1.165, 1.54) is 29.3 Å². The number of aromatic nitrogens is 1. The Kier molecular flexibility index (Phi) is 4.00. The van der Waals surface area contributed by atoms with Crippen molar-refractivity contribution in [3.8, 4) is 0 Å². The van der Waals surface area contributed by atoms with Crippen LogP contribution in [0.25, 0.3) is 10.9 Å². The second-order valence-electron chi connectivity index (χ2n) is 4.21. The van der Waals surface area contributed by atoms with E-state index in [2.05, 4.69) is 47.7 Å². The lowest BCUT2D eigenvalue weighted by Crippen LogP contribution is -2.16. The SMILES string of the molecule is CCCNCCCc1c[nH]c2ccccc12. The summed E-state index contributed by atoms with van der Waals surface area (Å²) in [5.74, 6) is 0. The first-order chi connectivity index (χ1) is 7.92. The van der Waals surface area contributed by atoms with E-state index >= 15 is 0 Å². The maximum atomic E-state index is 3.44. The molecule has 0 aliphatic heterocycles. The van der Waals surface area contributed by atoms with E-state index in [0.717, 1.165) is 19.5 Å². The summed E-state index contributed by atoms with van der Waals surface area (Å²) in [6.45, 7) is 4.45. The van der Waals surface area contributed by atoms with Crippen LogP contribution in [0.15, 0.2) is 30.5 Å². The third kappa shape index (κ3) is 2.64. The summed E-state index contributed by atoms with van der Waals surface area (Å²) < 4.78 is 0. The van der Waals surface area contributed by atoms with E-state index < -0.39 is 0 Å². The molecule has 1 aromatic heterocycles. The Morgan fingerprint density at radius 2 is 2.06 bits per heavy atom. The molecule has 2 nitrogen and oxygen atoms in total. The van der Waals surface area contributed by atoms with Crippen LogP contribution in [0.2, 0.25) is 0 Å². The Hall–Kier alpha value is -1.28. The van der Waals surface area contributed by atoms with Gasteiger partial charge in [-0.25, -0.2) is 0 Å². The van der Waals surface area contributed by atoms with Gasteiger partial charge >= 0.3 is 0 Å². The van der Waals surface area contributed by atoms with Crippen molar-refractivity contribution in [1.29, 1.82) is 0 Å². The molecule has 1 aromatic carbocycles. The van der Waals surface area contributed by atoms with Crippen molar-refractivity contribution in [2.24, 2.45) is 0 Å². The Labute approximate surface area is 97.1 Å². The zero-order valence-corrected chi connectivity index (χ0v) is 9.92. The molecule has 0 amide bonds. The van der Waals surface area contributed by atoms with E-state index in [1.54, 1.807) is 0 Å². The molecule has 0 radical (unpaired) electrons. The number of hydrogen-bond acceptors (Lipinski definition) is 1. The standard InChI is InChI=1S/C14H20N2/c1-2-9-15-10-5-6-12-11-16-14-8-4-3-7-13(12)14/h3-4,7-8,11,15-16H,2,5-6,9-10H2,1H3. The highest BCUT2D eigenvalue weighted by Gasteiger charge is 2.01. The largest absolute Gasteiger partial charge is 0.361 e. The highest BCUT2D eigenvalue weighted by molar-refractivity contribution is 5.82. The monoisotopic (exact) mass is 216 g/mol. The van der Waals surface area contributed by atoms with Gasteiger partial charge in [0.25, 0.3) is 0 Å². The first-order valence-electron chi connectivity index (χ1n) is 6.17. The normalized spacial score (nSPS) is 11.1. The van der Waals surface area contributed by atoms with E-state index in [9.17, 15) is 0 Å². The number of para-hydroxylation sites is 1. The summed E-state index contributed by atoms with van der Waals surface area (Å²) in [5.41, 5.74) is 2.69. The van der Waals surface area contributed by atoms with Gasteiger partial charge < -0.3 is 10.3 Å². The second kappa shape index (κ2) is 5.71. The highest BCUT2D eigenvalue weighted by atomic mass is 14.8. The van der Waals surface area contributed by atoms with Crippen molar-refractivity contribution < 1.29 is 0 Å². The fourth-order valence-corrected chi connectivity index (χ4v) is 2.04. The van der Waals surface area contributed by atoms with Gasteiger partial charge in [0.15, 0.2) is 0 Å². The summed E-state index contributed by atoms with van der Waals surface area (Å²) in [6.07, 6.45) is 5.72. The quantitative estimate of drug-likeness (QED) is 0.713. The van der Waals surface area contributed by atoms with E-state index in [4.69, 9.17) is 0 Å². The van der Waals surface area contributed by atoms with Gasteiger partial charge in [0, 0.05) is 17.1 Å². The van der Waals surface area contributed by atoms with Crippen LogP contribution in [0.1, 0.15) is 25.3 Å². The predicted octanol–water partition coefficient (Wildman–Crippen LogP) is 3.10.